The Labute approximate surface area is 104 Å². The molecular weight excluding hydrogens is 210 g/mol. The Morgan fingerprint density at radius 1 is 1.29 bits per heavy atom. The Kier molecular flexibility index (Phi) is 3.57. The van der Waals surface area contributed by atoms with Crippen LogP contribution in [0.4, 0.5) is 11.4 Å². The van der Waals surface area contributed by atoms with Crippen molar-refractivity contribution < 1.29 is 0 Å². The van der Waals surface area contributed by atoms with E-state index in [1.165, 1.54) is 25.9 Å². The number of nitrogen functional groups attached to an aromatic ring is 1. The summed E-state index contributed by atoms with van der Waals surface area (Å²) in [6.45, 7) is 5.77. The summed E-state index contributed by atoms with van der Waals surface area (Å²) in [6, 6.07) is 7.99. The zero-order chi connectivity index (χ0) is 12.3. The van der Waals surface area contributed by atoms with Gasteiger partial charge in [-0.1, -0.05) is 19.1 Å². The van der Waals surface area contributed by atoms with Gasteiger partial charge in [0.1, 0.15) is 0 Å². The Morgan fingerprint density at radius 2 is 1.94 bits per heavy atom. The molecule has 1 saturated heterocycles. The second-order valence-corrected chi connectivity index (χ2v) is 5.55. The fraction of sp³-hybridized carbons (Fsp3) is 0.571. The largest absolute Gasteiger partial charge is 0.397 e. The fourth-order valence-corrected chi connectivity index (χ4v) is 2.30. The average Bonchev–Trinajstić information content (AvgIpc) is 2.33. The normalized spacial score (nSPS) is 20.1. The van der Waals surface area contributed by atoms with Crippen LogP contribution in [0.2, 0.25) is 0 Å². The SMILES string of the molecule is CN1CCC(C)(CNc2ccccc2N)CC1. The maximum absolute atomic E-state index is 5.93. The van der Waals surface area contributed by atoms with Crippen LogP contribution in [0.3, 0.4) is 0 Å². The Hall–Kier alpha value is -1.22. The van der Waals surface area contributed by atoms with Crippen molar-refractivity contribution in [3.05, 3.63) is 24.3 Å². The number of nitrogens with one attached hydrogen (secondary N) is 1. The lowest BCUT2D eigenvalue weighted by atomic mass is 9.80. The van der Waals surface area contributed by atoms with Gasteiger partial charge in [0.05, 0.1) is 11.4 Å². The van der Waals surface area contributed by atoms with Gasteiger partial charge in [0, 0.05) is 6.54 Å². The summed E-state index contributed by atoms with van der Waals surface area (Å²) < 4.78 is 0. The van der Waals surface area contributed by atoms with Crippen molar-refractivity contribution in [3.8, 4) is 0 Å². The van der Waals surface area contributed by atoms with Crippen molar-refractivity contribution in [3.63, 3.8) is 0 Å². The predicted octanol–water partition coefficient (Wildman–Crippen LogP) is 2.41. The van der Waals surface area contributed by atoms with Crippen LogP contribution in [0.1, 0.15) is 19.8 Å². The van der Waals surface area contributed by atoms with Crippen LogP contribution in [0.5, 0.6) is 0 Å². The summed E-state index contributed by atoms with van der Waals surface area (Å²) in [5, 5.41) is 3.49. The molecule has 17 heavy (non-hydrogen) atoms. The highest BCUT2D eigenvalue weighted by Crippen LogP contribution is 2.31. The van der Waals surface area contributed by atoms with Gasteiger partial charge in [-0.05, 0) is 50.5 Å². The third-order valence-electron chi connectivity index (χ3n) is 3.86. The number of nitrogens with zero attached hydrogens (tertiary/aromatic N) is 1. The molecule has 0 spiro atoms. The van der Waals surface area contributed by atoms with E-state index in [4.69, 9.17) is 5.73 Å². The molecule has 3 heteroatoms. The minimum absolute atomic E-state index is 0.398. The third-order valence-corrected chi connectivity index (χ3v) is 3.86. The van der Waals surface area contributed by atoms with E-state index in [0.29, 0.717) is 5.41 Å². The first-order valence-corrected chi connectivity index (χ1v) is 6.36. The molecule has 0 atom stereocenters. The van der Waals surface area contributed by atoms with Gasteiger partial charge in [0.25, 0.3) is 0 Å². The number of hydrogen-bond donors (Lipinski definition) is 2. The molecule has 1 aliphatic heterocycles. The zero-order valence-electron chi connectivity index (χ0n) is 10.9. The highest BCUT2D eigenvalue weighted by molar-refractivity contribution is 5.65. The maximum Gasteiger partial charge on any atom is 0.0574 e. The lowest BCUT2D eigenvalue weighted by Crippen LogP contribution is -2.40. The summed E-state index contributed by atoms with van der Waals surface area (Å²) in [5.74, 6) is 0. The lowest BCUT2D eigenvalue weighted by Gasteiger charge is -2.38. The first-order valence-electron chi connectivity index (χ1n) is 6.36. The minimum atomic E-state index is 0.398. The van der Waals surface area contributed by atoms with Crippen LogP contribution in [0.15, 0.2) is 24.3 Å². The van der Waals surface area contributed by atoms with E-state index in [2.05, 4.69) is 24.2 Å². The number of rotatable bonds is 3. The summed E-state index contributed by atoms with van der Waals surface area (Å²) in [4.78, 5) is 2.40. The highest BCUT2D eigenvalue weighted by Gasteiger charge is 2.28. The molecule has 1 aromatic carbocycles. The van der Waals surface area contributed by atoms with Gasteiger partial charge >= 0.3 is 0 Å². The lowest BCUT2D eigenvalue weighted by molar-refractivity contribution is 0.150. The molecule has 0 bridgehead atoms. The minimum Gasteiger partial charge on any atom is -0.397 e. The number of likely N-dealkylation sites (tertiary alicyclic amines) is 1. The Bertz CT molecular complexity index is 367. The van der Waals surface area contributed by atoms with E-state index in [9.17, 15) is 0 Å². The van der Waals surface area contributed by atoms with Crippen molar-refractivity contribution >= 4 is 11.4 Å². The van der Waals surface area contributed by atoms with E-state index < -0.39 is 0 Å². The molecule has 3 N–H and O–H groups in total. The third kappa shape index (κ3) is 3.13. The van der Waals surface area contributed by atoms with E-state index in [0.717, 1.165) is 17.9 Å². The number of anilines is 2. The second-order valence-electron chi connectivity index (χ2n) is 5.55. The van der Waals surface area contributed by atoms with E-state index in [1.807, 2.05) is 24.3 Å². The van der Waals surface area contributed by atoms with Crippen molar-refractivity contribution in [2.45, 2.75) is 19.8 Å². The topological polar surface area (TPSA) is 41.3 Å². The number of benzene rings is 1. The second kappa shape index (κ2) is 4.96. The van der Waals surface area contributed by atoms with Gasteiger partial charge in [-0.2, -0.15) is 0 Å². The van der Waals surface area contributed by atoms with Crippen molar-refractivity contribution in [1.82, 2.24) is 4.90 Å². The van der Waals surface area contributed by atoms with E-state index >= 15 is 0 Å². The van der Waals surface area contributed by atoms with Crippen molar-refractivity contribution in [2.24, 2.45) is 5.41 Å². The Balaban J connectivity index is 1.92. The maximum atomic E-state index is 5.93. The monoisotopic (exact) mass is 233 g/mol. The van der Waals surface area contributed by atoms with Gasteiger partial charge < -0.3 is 16.0 Å². The van der Waals surface area contributed by atoms with Gasteiger partial charge in [0.2, 0.25) is 0 Å². The van der Waals surface area contributed by atoms with Gasteiger partial charge in [0.15, 0.2) is 0 Å². The molecule has 0 aliphatic carbocycles. The molecule has 1 heterocycles. The molecule has 0 radical (unpaired) electrons. The summed E-state index contributed by atoms with van der Waals surface area (Å²) in [5.41, 5.74) is 8.23. The first kappa shape index (κ1) is 12.2. The van der Waals surface area contributed by atoms with Crippen LogP contribution in [-0.2, 0) is 0 Å². The number of nitrogens with two attached hydrogens (primary N) is 1. The molecule has 1 aromatic rings. The highest BCUT2D eigenvalue weighted by atomic mass is 15.1. The van der Waals surface area contributed by atoms with Crippen molar-refractivity contribution in [1.29, 1.82) is 0 Å². The van der Waals surface area contributed by atoms with Crippen LogP contribution in [0.25, 0.3) is 0 Å². The van der Waals surface area contributed by atoms with E-state index in [-0.39, 0.29) is 0 Å². The number of hydrogen-bond acceptors (Lipinski definition) is 3. The number of piperidine rings is 1. The van der Waals surface area contributed by atoms with Gasteiger partial charge in [-0.25, -0.2) is 0 Å². The fourth-order valence-electron chi connectivity index (χ4n) is 2.30. The van der Waals surface area contributed by atoms with Crippen LogP contribution in [-0.4, -0.2) is 31.6 Å². The molecule has 3 nitrogen and oxygen atoms in total. The smallest absolute Gasteiger partial charge is 0.0574 e. The van der Waals surface area contributed by atoms with Crippen molar-refractivity contribution in [2.75, 3.05) is 37.7 Å². The summed E-state index contributed by atoms with van der Waals surface area (Å²) >= 11 is 0. The molecule has 2 rings (SSSR count). The molecular formula is C14H23N3. The molecule has 0 aromatic heterocycles. The van der Waals surface area contributed by atoms with E-state index in [1.54, 1.807) is 0 Å². The van der Waals surface area contributed by atoms with Gasteiger partial charge in [-0.15, -0.1) is 0 Å². The molecule has 0 unspecified atom stereocenters. The standard InChI is InChI=1S/C14H23N3/c1-14(7-9-17(2)10-8-14)11-16-13-6-4-3-5-12(13)15/h3-6,16H,7-11,15H2,1-2H3. The predicted molar refractivity (Wildman–Crippen MR) is 74.2 cm³/mol. The van der Waals surface area contributed by atoms with Gasteiger partial charge in [-0.3, -0.25) is 0 Å². The molecule has 0 saturated carbocycles. The van der Waals surface area contributed by atoms with Crippen LogP contribution >= 0.6 is 0 Å². The van der Waals surface area contributed by atoms with Crippen LogP contribution in [0, 0.1) is 5.41 Å². The molecule has 1 fully saturated rings. The Morgan fingerprint density at radius 3 is 2.59 bits per heavy atom. The average molecular weight is 233 g/mol. The zero-order valence-corrected chi connectivity index (χ0v) is 10.9. The molecule has 0 amide bonds. The summed E-state index contributed by atoms with van der Waals surface area (Å²) in [7, 11) is 2.20. The van der Waals surface area contributed by atoms with Crippen LogP contribution < -0.4 is 11.1 Å². The first-order chi connectivity index (χ1) is 8.09. The quantitative estimate of drug-likeness (QED) is 0.788. The summed E-state index contributed by atoms with van der Waals surface area (Å²) in [6.07, 6.45) is 2.51. The molecule has 94 valence electrons. The molecule has 1 aliphatic rings. The number of para-hydroxylation sites is 2.